The fourth-order valence-corrected chi connectivity index (χ4v) is 7.76. The number of benzene rings is 2. The third-order valence-electron chi connectivity index (χ3n) is 8.78. The fourth-order valence-electron chi connectivity index (χ4n) is 6.22. The van der Waals surface area contributed by atoms with Gasteiger partial charge in [-0.05, 0) is 56.2 Å². The molecule has 10 heteroatoms. The summed E-state index contributed by atoms with van der Waals surface area (Å²) in [6.07, 6.45) is 10.2. The van der Waals surface area contributed by atoms with Gasteiger partial charge in [-0.25, -0.2) is 0 Å². The van der Waals surface area contributed by atoms with Crippen LogP contribution in [-0.2, 0) is 30.3 Å². The molecule has 1 N–H and O–H groups in total. The van der Waals surface area contributed by atoms with E-state index in [1.54, 1.807) is 0 Å². The van der Waals surface area contributed by atoms with E-state index >= 15 is 0 Å². The lowest BCUT2D eigenvalue weighted by atomic mass is 9.93. The Bertz CT molecular complexity index is 1440. The zero-order chi connectivity index (χ0) is 34.5. The van der Waals surface area contributed by atoms with Gasteiger partial charge in [0.05, 0.1) is 11.9 Å². The van der Waals surface area contributed by atoms with Crippen molar-refractivity contribution in [2.45, 2.75) is 89.5 Å². The van der Waals surface area contributed by atoms with E-state index < -0.39 is 23.9 Å². The lowest BCUT2D eigenvalue weighted by molar-refractivity contribution is -0.145. The SMILES string of the molecule is CC/C=C(OCCc1ccccc1)\C(=C/CC(C)C1SC(=S)N(CC(=O)O)C1=O)OC(C(=O)N(CC)C1CCCCC1)c1ccccc1. The predicted octanol–water partition coefficient (Wildman–Crippen LogP) is 7.70. The number of nitrogens with zero attached hydrogens (tertiary/aromatic N) is 2. The Labute approximate surface area is 294 Å². The molecule has 2 fully saturated rings. The largest absolute Gasteiger partial charge is 0.490 e. The van der Waals surface area contributed by atoms with E-state index in [0.717, 1.165) is 41.7 Å². The molecule has 2 aromatic rings. The number of likely N-dealkylation sites (N-methyl/N-ethyl adjacent to an activating group) is 1. The van der Waals surface area contributed by atoms with Crippen molar-refractivity contribution in [3.63, 3.8) is 0 Å². The number of thiocarbonyl (C=S) groups is 1. The van der Waals surface area contributed by atoms with E-state index in [1.807, 2.05) is 86.4 Å². The van der Waals surface area contributed by atoms with Gasteiger partial charge in [0.15, 0.2) is 11.5 Å². The first-order valence-corrected chi connectivity index (χ1v) is 18.3. The molecule has 2 aliphatic rings. The van der Waals surface area contributed by atoms with E-state index in [9.17, 15) is 19.5 Å². The summed E-state index contributed by atoms with van der Waals surface area (Å²) < 4.78 is 13.5. The first-order valence-electron chi connectivity index (χ1n) is 17.1. The van der Waals surface area contributed by atoms with Crippen molar-refractivity contribution < 1.29 is 29.0 Å². The number of ether oxygens (including phenoxy) is 2. The first kappa shape index (κ1) is 37.2. The highest BCUT2D eigenvalue weighted by Gasteiger charge is 2.41. The summed E-state index contributed by atoms with van der Waals surface area (Å²) >= 11 is 6.57. The number of amides is 2. The van der Waals surface area contributed by atoms with Crippen LogP contribution in [0.5, 0.6) is 0 Å². The van der Waals surface area contributed by atoms with E-state index in [4.69, 9.17) is 21.7 Å². The molecule has 258 valence electrons. The van der Waals surface area contributed by atoms with Gasteiger partial charge < -0.3 is 19.5 Å². The Morgan fingerprint density at radius 2 is 1.69 bits per heavy atom. The summed E-state index contributed by atoms with van der Waals surface area (Å²) in [5.41, 5.74) is 1.91. The molecule has 1 heterocycles. The van der Waals surface area contributed by atoms with Gasteiger partial charge in [-0.2, -0.15) is 0 Å². The normalized spacial score (nSPS) is 18.8. The zero-order valence-electron chi connectivity index (χ0n) is 28.2. The number of thioether (sulfide) groups is 1. The maximum Gasteiger partial charge on any atom is 0.323 e. The summed E-state index contributed by atoms with van der Waals surface area (Å²) in [7, 11) is 0. The number of carboxylic acid groups (broad SMARTS) is 1. The molecule has 0 spiro atoms. The highest BCUT2D eigenvalue weighted by Crippen LogP contribution is 2.36. The van der Waals surface area contributed by atoms with Crippen LogP contribution >= 0.6 is 24.0 Å². The lowest BCUT2D eigenvalue weighted by Crippen LogP contribution is -2.44. The Kier molecular flexibility index (Phi) is 14.6. The molecule has 8 nitrogen and oxygen atoms in total. The number of hydrogen-bond acceptors (Lipinski definition) is 7. The van der Waals surface area contributed by atoms with E-state index in [0.29, 0.717) is 43.9 Å². The van der Waals surface area contributed by atoms with Crippen molar-refractivity contribution >= 4 is 46.1 Å². The highest BCUT2D eigenvalue weighted by atomic mass is 32.2. The molecule has 1 aliphatic heterocycles. The van der Waals surface area contributed by atoms with Crippen LogP contribution in [0, 0.1) is 5.92 Å². The van der Waals surface area contributed by atoms with E-state index in [-0.39, 0.29) is 28.1 Å². The summed E-state index contributed by atoms with van der Waals surface area (Å²) in [5, 5.41) is 8.76. The standard InChI is InChI=1S/C38H48N2O6S2/c1-4-15-31(45-25-24-28-16-9-6-10-17-28)32(23-22-27(3)35-37(44)40(26-33(41)42)38(47)48-35)46-34(29-18-11-7-12-19-29)36(43)39(5-2)30-20-13-8-14-21-30/h6-7,9-12,15-19,23,27,30,34-35H,4-5,8,13-14,20-22,24-26H2,1-3H3,(H,41,42)/b31-15+,32-23+. The molecule has 3 unspecified atom stereocenters. The number of aliphatic carboxylic acids is 1. The Hall–Kier alpha value is -3.63. The van der Waals surface area contributed by atoms with Gasteiger partial charge in [-0.15, -0.1) is 0 Å². The maximum absolute atomic E-state index is 14.4. The Morgan fingerprint density at radius 1 is 1.02 bits per heavy atom. The fraction of sp³-hybridized carbons (Fsp3) is 0.474. The molecule has 1 saturated heterocycles. The minimum absolute atomic E-state index is 0.0779. The van der Waals surface area contributed by atoms with Gasteiger partial charge in [-0.1, -0.05) is 118 Å². The van der Waals surface area contributed by atoms with Crippen LogP contribution in [-0.4, -0.2) is 68.0 Å². The van der Waals surface area contributed by atoms with Crippen LogP contribution < -0.4 is 0 Å². The molecule has 3 atom stereocenters. The smallest absolute Gasteiger partial charge is 0.323 e. The van der Waals surface area contributed by atoms with Gasteiger partial charge in [0.1, 0.15) is 10.9 Å². The minimum Gasteiger partial charge on any atom is -0.490 e. The number of carbonyl (C=O) groups is 3. The van der Waals surface area contributed by atoms with Crippen molar-refractivity contribution in [2.24, 2.45) is 5.92 Å². The predicted molar refractivity (Wildman–Crippen MR) is 194 cm³/mol. The number of rotatable bonds is 17. The molecule has 0 radical (unpaired) electrons. The summed E-state index contributed by atoms with van der Waals surface area (Å²) in [6, 6.07) is 19.9. The molecule has 0 bridgehead atoms. The van der Waals surface area contributed by atoms with Crippen LogP contribution in [0.3, 0.4) is 0 Å². The zero-order valence-corrected chi connectivity index (χ0v) is 29.8. The summed E-state index contributed by atoms with van der Waals surface area (Å²) in [5.74, 6) is -0.704. The van der Waals surface area contributed by atoms with Crippen LogP contribution in [0.4, 0.5) is 0 Å². The van der Waals surface area contributed by atoms with Gasteiger partial charge in [0.2, 0.25) is 12.0 Å². The average Bonchev–Trinajstić information content (AvgIpc) is 3.37. The Balaban J connectivity index is 1.65. The Morgan fingerprint density at radius 3 is 2.31 bits per heavy atom. The number of carbonyl (C=O) groups excluding carboxylic acids is 2. The summed E-state index contributed by atoms with van der Waals surface area (Å²) in [4.78, 5) is 42.1. The molecule has 2 aromatic carbocycles. The molecular weight excluding hydrogens is 645 g/mol. The van der Waals surface area contributed by atoms with Crippen molar-refractivity contribution in [1.82, 2.24) is 9.80 Å². The minimum atomic E-state index is -1.11. The first-order chi connectivity index (χ1) is 23.2. The monoisotopic (exact) mass is 692 g/mol. The lowest BCUT2D eigenvalue weighted by Gasteiger charge is -2.36. The average molecular weight is 693 g/mol. The van der Waals surface area contributed by atoms with E-state index in [2.05, 4.69) is 12.1 Å². The van der Waals surface area contributed by atoms with Crippen LogP contribution in [0.15, 0.2) is 84.3 Å². The van der Waals surface area contributed by atoms with Crippen LogP contribution in [0.25, 0.3) is 0 Å². The molecule has 1 saturated carbocycles. The van der Waals surface area contributed by atoms with Crippen molar-refractivity contribution in [3.05, 3.63) is 95.5 Å². The van der Waals surface area contributed by atoms with Gasteiger partial charge in [-0.3, -0.25) is 19.3 Å². The van der Waals surface area contributed by atoms with Crippen molar-refractivity contribution in [2.75, 3.05) is 19.7 Å². The molecule has 2 amide bonds. The maximum atomic E-state index is 14.4. The molecule has 1 aliphatic carbocycles. The third-order valence-corrected chi connectivity index (χ3v) is 10.6. The number of hydrogen-bond donors (Lipinski definition) is 1. The van der Waals surface area contributed by atoms with E-state index in [1.165, 1.54) is 18.2 Å². The van der Waals surface area contributed by atoms with Crippen molar-refractivity contribution in [1.29, 1.82) is 0 Å². The molecule has 0 aromatic heterocycles. The van der Waals surface area contributed by atoms with Crippen LogP contribution in [0.1, 0.15) is 82.9 Å². The quantitative estimate of drug-likeness (QED) is 0.102. The molecule has 48 heavy (non-hydrogen) atoms. The number of allylic oxidation sites excluding steroid dienone is 2. The second-order valence-electron chi connectivity index (χ2n) is 12.3. The van der Waals surface area contributed by atoms with Gasteiger partial charge in [0.25, 0.3) is 5.91 Å². The van der Waals surface area contributed by atoms with Crippen molar-refractivity contribution in [3.8, 4) is 0 Å². The molecular formula is C38H48N2O6S2. The topological polar surface area (TPSA) is 96.4 Å². The van der Waals surface area contributed by atoms with Crippen LogP contribution in [0.2, 0.25) is 0 Å². The van der Waals surface area contributed by atoms with Gasteiger partial charge >= 0.3 is 5.97 Å². The summed E-state index contributed by atoms with van der Waals surface area (Å²) in [6.45, 7) is 6.54. The van der Waals surface area contributed by atoms with Gasteiger partial charge in [0, 0.05) is 24.6 Å². The third kappa shape index (κ3) is 10.2. The second-order valence-corrected chi connectivity index (χ2v) is 14.1. The number of carboxylic acids is 1. The molecule has 4 rings (SSSR count). The highest BCUT2D eigenvalue weighted by molar-refractivity contribution is 8.24. The second kappa shape index (κ2) is 18.8.